The zero-order valence-corrected chi connectivity index (χ0v) is 10.1. The summed E-state index contributed by atoms with van der Waals surface area (Å²) < 4.78 is 0. The van der Waals surface area contributed by atoms with Crippen LogP contribution >= 0.6 is 0 Å². The zero-order valence-electron chi connectivity index (χ0n) is 10.1. The lowest BCUT2D eigenvalue weighted by Crippen LogP contribution is -2.45. The molecule has 0 N–H and O–H groups in total. The van der Waals surface area contributed by atoms with E-state index in [9.17, 15) is 4.79 Å². The van der Waals surface area contributed by atoms with Crippen LogP contribution in [0.25, 0.3) is 0 Å². The first-order valence-corrected chi connectivity index (χ1v) is 6.29. The van der Waals surface area contributed by atoms with Crippen molar-refractivity contribution in [1.29, 1.82) is 0 Å². The predicted molar refractivity (Wildman–Crippen MR) is 61.9 cm³/mol. The third-order valence-electron chi connectivity index (χ3n) is 4.43. The highest BCUT2D eigenvalue weighted by molar-refractivity contribution is 5.60. The molecule has 2 heteroatoms. The van der Waals surface area contributed by atoms with Crippen LogP contribution < -0.4 is 0 Å². The Bertz CT molecular complexity index is 241. The standard InChI is InChI=1S/C13H23NO/c1-12(2)6-5-9-14(12)10-13(11-15)7-3-4-8-13/h11H,3-10H2,1-2H3. The van der Waals surface area contributed by atoms with Crippen LogP contribution in [0.1, 0.15) is 52.4 Å². The van der Waals surface area contributed by atoms with Gasteiger partial charge in [-0.2, -0.15) is 0 Å². The average molecular weight is 209 g/mol. The molecule has 2 fully saturated rings. The predicted octanol–water partition coefficient (Wildman–Crippen LogP) is 2.62. The highest BCUT2D eigenvalue weighted by atomic mass is 16.1. The smallest absolute Gasteiger partial charge is 0.127 e. The van der Waals surface area contributed by atoms with E-state index in [0.29, 0.717) is 5.54 Å². The molecule has 2 nitrogen and oxygen atoms in total. The van der Waals surface area contributed by atoms with Gasteiger partial charge in [0, 0.05) is 17.5 Å². The van der Waals surface area contributed by atoms with Crippen molar-refractivity contribution < 1.29 is 4.79 Å². The highest BCUT2D eigenvalue weighted by Gasteiger charge is 2.40. The van der Waals surface area contributed by atoms with E-state index in [2.05, 4.69) is 18.7 Å². The first-order chi connectivity index (χ1) is 7.08. The lowest BCUT2D eigenvalue weighted by molar-refractivity contribution is -0.117. The van der Waals surface area contributed by atoms with Crippen LogP contribution in [-0.4, -0.2) is 29.8 Å². The van der Waals surface area contributed by atoms with Gasteiger partial charge in [0.1, 0.15) is 6.29 Å². The lowest BCUT2D eigenvalue weighted by Gasteiger charge is -2.37. The normalized spacial score (nSPS) is 29.5. The minimum Gasteiger partial charge on any atom is -0.303 e. The summed E-state index contributed by atoms with van der Waals surface area (Å²) in [5, 5.41) is 0. The zero-order chi connectivity index (χ0) is 10.9. The lowest BCUT2D eigenvalue weighted by atomic mass is 9.86. The summed E-state index contributed by atoms with van der Waals surface area (Å²) in [4.78, 5) is 13.8. The third-order valence-corrected chi connectivity index (χ3v) is 4.43. The summed E-state index contributed by atoms with van der Waals surface area (Å²) >= 11 is 0. The van der Waals surface area contributed by atoms with Crippen LogP contribution in [0, 0.1) is 5.41 Å². The topological polar surface area (TPSA) is 20.3 Å². The Morgan fingerprint density at radius 3 is 2.27 bits per heavy atom. The van der Waals surface area contributed by atoms with E-state index in [0.717, 1.165) is 19.4 Å². The van der Waals surface area contributed by atoms with E-state index >= 15 is 0 Å². The fourth-order valence-corrected chi connectivity index (χ4v) is 3.23. The van der Waals surface area contributed by atoms with Gasteiger partial charge in [-0.15, -0.1) is 0 Å². The van der Waals surface area contributed by atoms with Crippen LogP contribution in [-0.2, 0) is 4.79 Å². The number of aldehydes is 1. The largest absolute Gasteiger partial charge is 0.303 e. The minimum atomic E-state index is 0.00160. The molecule has 0 bridgehead atoms. The number of hydrogen-bond acceptors (Lipinski definition) is 2. The highest BCUT2D eigenvalue weighted by Crippen LogP contribution is 2.40. The number of rotatable bonds is 3. The summed E-state index contributed by atoms with van der Waals surface area (Å²) in [6, 6.07) is 0. The molecule has 0 aromatic carbocycles. The Hall–Kier alpha value is -0.370. The molecule has 0 aromatic heterocycles. The second kappa shape index (κ2) is 3.89. The Morgan fingerprint density at radius 2 is 1.80 bits per heavy atom. The monoisotopic (exact) mass is 209 g/mol. The molecule has 1 heterocycles. The minimum absolute atomic E-state index is 0.00160. The van der Waals surface area contributed by atoms with Crippen LogP contribution in [0.15, 0.2) is 0 Å². The molecule has 0 spiro atoms. The average Bonchev–Trinajstić information content (AvgIpc) is 2.76. The molecule has 0 amide bonds. The Kier molecular flexibility index (Phi) is 2.89. The van der Waals surface area contributed by atoms with Crippen molar-refractivity contribution in [2.24, 2.45) is 5.41 Å². The van der Waals surface area contributed by atoms with E-state index < -0.39 is 0 Å². The maximum Gasteiger partial charge on any atom is 0.127 e. The maximum atomic E-state index is 11.3. The van der Waals surface area contributed by atoms with Crippen LogP contribution in [0.2, 0.25) is 0 Å². The molecular formula is C13H23NO. The summed E-state index contributed by atoms with van der Waals surface area (Å²) in [6.07, 6.45) is 8.53. The second-order valence-corrected chi connectivity index (χ2v) is 6.02. The van der Waals surface area contributed by atoms with Crippen LogP contribution in [0.5, 0.6) is 0 Å². The van der Waals surface area contributed by atoms with Gasteiger partial charge in [0.25, 0.3) is 0 Å². The van der Waals surface area contributed by atoms with Gasteiger partial charge in [-0.3, -0.25) is 4.90 Å². The molecule has 1 aliphatic carbocycles. The van der Waals surface area contributed by atoms with Crippen molar-refractivity contribution >= 4 is 6.29 Å². The summed E-state index contributed by atoms with van der Waals surface area (Å²) in [5.74, 6) is 0. The molecular weight excluding hydrogens is 186 g/mol. The van der Waals surface area contributed by atoms with Gasteiger partial charge >= 0.3 is 0 Å². The first-order valence-electron chi connectivity index (χ1n) is 6.29. The van der Waals surface area contributed by atoms with E-state index in [-0.39, 0.29) is 5.41 Å². The number of nitrogens with zero attached hydrogens (tertiary/aromatic N) is 1. The Balaban J connectivity index is 2.03. The molecule has 0 radical (unpaired) electrons. The fourth-order valence-electron chi connectivity index (χ4n) is 3.23. The summed E-state index contributed by atoms with van der Waals surface area (Å²) in [6.45, 7) is 6.81. The first kappa shape index (κ1) is 11.1. The molecule has 1 aliphatic heterocycles. The SMILES string of the molecule is CC1(C)CCCN1CC1(C=O)CCCC1. The van der Waals surface area contributed by atoms with Crippen molar-refractivity contribution in [1.82, 2.24) is 4.90 Å². The summed E-state index contributed by atoms with van der Waals surface area (Å²) in [7, 11) is 0. The van der Waals surface area contributed by atoms with E-state index in [1.807, 2.05) is 0 Å². The molecule has 15 heavy (non-hydrogen) atoms. The van der Waals surface area contributed by atoms with Gasteiger partial charge in [0.2, 0.25) is 0 Å². The maximum absolute atomic E-state index is 11.3. The molecule has 1 saturated heterocycles. The van der Waals surface area contributed by atoms with Crippen molar-refractivity contribution in [3.63, 3.8) is 0 Å². The number of hydrogen-bond donors (Lipinski definition) is 0. The van der Waals surface area contributed by atoms with Crippen LogP contribution in [0.4, 0.5) is 0 Å². The Labute approximate surface area is 93.0 Å². The molecule has 0 atom stereocenters. The second-order valence-electron chi connectivity index (χ2n) is 6.02. The van der Waals surface area contributed by atoms with Crippen molar-refractivity contribution in [2.75, 3.05) is 13.1 Å². The van der Waals surface area contributed by atoms with Gasteiger partial charge in [-0.05, 0) is 46.1 Å². The van der Waals surface area contributed by atoms with Crippen molar-refractivity contribution in [3.8, 4) is 0 Å². The fraction of sp³-hybridized carbons (Fsp3) is 0.923. The molecule has 2 rings (SSSR count). The van der Waals surface area contributed by atoms with E-state index in [4.69, 9.17) is 0 Å². The quantitative estimate of drug-likeness (QED) is 0.666. The molecule has 1 saturated carbocycles. The van der Waals surface area contributed by atoms with Gasteiger partial charge < -0.3 is 4.79 Å². The Morgan fingerprint density at radius 1 is 1.13 bits per heavy atom. The number of carbonyl (C=O) groups excluding carboxylic acids is 1. The van der Waals surface area contributed by atoms with Crippen LogP contribution in [0.3, 0.4) is 0 Å². The molecule has 2 aliphatic rings. The van der Waals surface area contributed by atoms with Gasteiger partial charge in [-0.25, -0.2) is 0 Å². The summed E-state index contributed by atoms with van der Waals surface area (Å²) in [5.41, 5.74) is 0.320. The van der Waals surface area contributed by atoms with Crippen molar-refractivity contribution in [3.05, 3.63) is 0 Å². The van der Waals surface area contributed by atoms with E-state index in [1.165, 1.54) is 38.5 Å². The van der Waals surface area contributed by atoms with Crippen molar-refractivity contribution in [2.45, 2.75) is 57.9 Å². The van der Waals surface area contributed by atoms with E-state index in [1.54, 1.807) is 0 Å². The molecule has 0 aromatic rings. The van der Waals surface area contributed by atoms with Gasteiger partial charge in [0.05, 0.1) is 0 Å². The number of likely N-dealkylation sites (tertiary alicyclic amines) is 1. The number of carbonyl (C=O) groups is 1. The van der Waals surface area contributed by atoms with Gasteiger partial charge in [0.15, 0.2) is 0 Å². The third kappa shape index (κ3) is 2.10. The van der Waals surface area contributed by atoms with Gasteiger partial charge in [-0.1, -0.05) is 12.8 Å². The molecule has 0 unspecified atom stereocenters. The molecule has 86 valence electrons.